The first kappa shape index (κ1) is 106. The minimum Gasteiger partial charge on any atom is -0.508 e. The third-order valence-electron chi connectivity index (χ3n) is 23.1. The number of H-pyrrole nitrogens is 1. The van der Waals surface area contributed by atoms with Crippen LogP contribution in [0, 0.1) is 24.7 Å². The number of hydrogen-bond donors (Lipinski definition) is 20. The molecule has 15 amide bonds. The van der Waals surface area contributed by atoms with E-state index in [-0.39, 0.29) is 88.2 Å². The number of phenolic OH excluding ortho intramolecular Hbond substituents is 1. The van der Waals surface area contributed by atoms with E-state index in [9.17, 15) is 82.8 Å². The number of nitrogens with one attached hydrogen (secondary N) is 14. The van der Waals surface area contributed by atoms with E-state index < -0.39 is 198 Å². The van der Waals surface area contributed by atoms with Crippen LogP contribution in [0.15, 0.2) is 85.1 Å². The molecule has 2 heterocycles. The Morgan fingerprint density at radius 1 is 0.569 bits per heavy atom. The number of carboxylic acids is 1. The molecule has 40 heteroatoms. The fraction of sp³-hybridized carbons (Fsp3) is 0.567. The van der Waals surface area contributed by atoms with Crippen LogP contribution in [0.3, 0.4) is 0 Å². The smallest absolute Gasteiger partial charge is 0.303 e. The average Bonchev–Trinajstić information content (AvgIpc) is 1.48. The Hall–Kier alpha value is -12.8. The molecule has 130 heavy (non-hydrogen) atoms. The third kappa shape index (κ3) is 33.7. The first-order valence-electron chi connectivity index (χ1n) is 44.2. The SMILES string of the molecule is CCC(CC1CCC1)C(=O)N[C@@](C)(CCCc1nnn(CCCCCC[C@@](C)(NC(=O)[C@H](Cc2ccccc2)NC(=O)[C@@H](NC(=O)[C@H](CC(C)C)NC(C)=O)[C@@H](C)O)C(=O)N[C@@H](CCC(=O)O)C(=O)NC(Cc2ccc(O)cc2)C(=O)N[C@@H](Cc2c[nH]c3ccccc23)C(=O)NC(C)C(=O)N[C@H](C=O)CCC(N)=O)c1C)C(=O)NC(CO)C(=O)N[C@@H](C)C(=O)NC(C)C(N)=O. The molecule has 0 spiro atoms. The maximum Gasteiger partial charge on any atom is 0.303 e. The highest BCUT2D eigenvalue weighted by molar-refractivity contribution is 6.01. The topological polar surface area (TPSA) is 626 Å². The van der Waals surface area contributed by atoms with Crippen LogP contribution in [0.2, 0.25) is 0 Å². The van der Waals surface area contributed by atoms with Crippen molar-refractivity contribution >= 4 is 112 Å². The molecule has 712 valence electrons. The summed E-state index contributed by atoms with van der Waals surface area (Å²) in [6.07, 6.45) is 3.68. The highest BCUT2D eigenvalue weighted by Crippen LogP contribution is 2.34. The molecule has 15 atom stereocenters. The lowest BCUT2D eigenvalue weighted by Crippen LogP contribution is -2.65. The summed E-state index contributed by atoms with van der Waals surface area (Å²) in [5, 5.41) is 85.4. The molecular formula is C90H131N19O21. The maximum absolute atomic E-state index is 15.6. The second-order valence-electron chi connectivity index (χ2n) is 34.6. The largest absolute Gasteiger partial charge is 0.508 e. The van der Waals surface area contributed by atoms with Crippen molar-refractivity contribution in [1.82, 2.24) is 89.1 Å². The Bertz CT molecular complexity index is 4730. The molecule has 1 aliphatic carbocycles. The Balaban J connectivity index is 1.30. The predicted molar refractivity (Wildman–Crippen MR) is 476 cm³/mol. The number of aromatic nitrogens is 4. The minimum atomic E-state index is -2.10. The van der Waals surface area contributed by atoms with Gasteiger partial charge in [-0.1, -0.05) is 125 Å². The number of primary amides is 2. The Morgan fingerprint density at radius 3 is 1.67 bits per heavy atom. The Labute approximate surface area is 755 Å². The third-order valence-corrected chi connectivity index (χ3v) is 23.1. The lowest BCUT2D eigenvalue weighted by atomic mass is 9.78. The fourth-order valence-electron chi connectivity index (χ4n) is 14.9. The van der Waals surface area contributed by atoms with E-state index in [1.54, 1.807) is 86.2 Å². The van der Waals surface area contributed by atoms with Crippen LogP contribution >= 0.6 is 0 Å². The van der Waals surface area contributed by atoms with Gasteiger partial charge < -0.3 is 111 Å². The van der Waals surface area contributed by atoms with E-state index >= 15 is 19.2 Å². The van der Waals surface area contributed by atoms with Crippen molar-refractivity contribution in [3.63, 3.8) is 0 Å². The number of nitrogens with zero attached hydrogens (tertiary/aromatic N) is 3. The number of carboxylic acid groups (broad SMARTS) is 1. The van der Waals surface area contributed by atoms with E-state index in [1.807, 2.05) is 6.92 Å². The minimum absolute atomic E-state index is 0.0161. The van der Waals surface area contributed by atoms with Crippen molar-refractivity contribution in [3.8, 4) is 5.75 Å². The molecule has 22 N–H and O–H groups in total. The number of carbonyl (C=O) groups is 17. The number of amides is 15. The van der Waals surface area contributed by atoms with Crippen LogP contribution < -0.4 is 80.6 Å². The summed E-state index contributed by atoms with van der Waals surface area (Å²) in [4.78, 5) is 236. The molecule has 1 saturated carbocycles. The zero-order valence-corrected chi connectivity index (χ0v) is 75.8. The van der Waals surface area contributed by atoms with Gasteiger partial charge in [0.15, 0.2) is 0 Å². The summed E-state index contributed by atoms with van der Waals surface area (Å²) in [5.74, 6) is -14.6. The van der Waals surface area contributed by atoms with E-state index in [1.165, 1.54) is 72.7 Å². The molecule has 0 bridgehead atoms. The van der Waals surface area contributed by atoms with Gasteiger partial charge in [0.25, 0.3) is 0 Å². The highest BCUT2D eigenvalue weighted by atomic mass is 16.4. The lowest BCUT2D eigenvalue weighted by Gasteiger charge is -2.34. The van der Waals surface area contributed by atoms with Crippen molar-refractivity contribution < 1.29 is 102 Å². The molecule has 3 aromatic carbocycles. The molecule has 0 radical (unpaired) electrons. The molecule has 5 unspecified atom stereocenters. The number of hydrogen-bond acceptors (Lipinski definition) is 22. The van der Waals surface area contributed by atoms with E-state index in [0.717, 1.165) is 19.3 Å². The predicted octanol–water partition coefficient (Wildman–Crippen LogP) is 0.387. The molecule has 6 rings (SSSR count). The van der Waals surface area contributed by atoms with Gasteiger partial charge in [-0.15, -0.1) is 5.10 Å². The number of para-hydroxylation sites is 1. The van der Waals surface area contributed by atoms with Gasteiger partial charge in [0.1, 0.15) is 83.5 Å². The number of unbranched alkanes of at least 4 members (excludes halogenated alkanes) is 3. The molecule has 1 fully saturated rings. The van der Waals surface area contributed by atoms with E-state index in [0.29, 0.717) is 89.8 Å². The fourth-order valence-corrected chi connectivity index (χ4v) is 14.9. The van der Waals surface area contributed by atoms with Gasteiger partial charge >= 0.3 is 5.97 Å². The van der Waals surface area contributed by atoms with Crippen molar-refractivity contribution in [2.45, 2.75) is 301 Å². The van der Waals surface area contributed by atoms with Crippen molar-refractivity contribution in [1.29, 1.82) is 0 Å². The quantitative estimate of drug-likeness (QED) is 0.0185. The highest BCUT2D eigenvalue weighted by Gasteiger charge is 2.43. The number of rotatable bonds is 57. The molecular weight excluding hydrogens is 1680 g/mol. The molecule has 0 saturated heterocycles. The van der Waals surface area contributed by atoms with Gasteiger partial charge in [-0.2, -0.15) is 0 Å². The number of aliphatic hydroxyl groups excluding tert-OH is 2. The number of aromatic hydroxyl groups is 1. The molecule has 2 aromatic heterocycles. The number of nitrogens with two attached hydrogens (primary N) is 2. The first-order chi connectivity index (χ1) is 61.5. The van der Waals surface area contributed by atoms with Gasteiger partial charge in [-0.3, -0.25) is 76.7 Å². The number of aliphatic hydroxyl groups is 2. The van der Waals surface area contributed by atoms with Gasteiger partial charge in [0, 0.05) is 68.6 Å². The van der Waals surface area contributed by atoms with Crippen LogP contribution in [0.1, 0.15) is 206 Å². The second-order valence-corrected chi connectivity index (χ2v) is 34.6. The lowest BCUT2D eigenvalue weighted by molar-refractivity contribution is -0.140. The summed E-state index contributed by atoms with van der Waals surface area (Å²) >= 11 is 0. The first-order valence-corrected chi connectivity index (χ1v) is 44.2. The van der Waals surface area contributed by atoms with E-state index in [4.69, 9.17) is 11.5 Å². The summed E-state index contributed by atoms with van der Waals surface area (Å²) in [7, 11) is 0. The normalized spacial score (nSPS) is 15.9. The standard InChI is InChI=1S/C90H131N19O21/c1-12-60(43-57-26-22-27-57)79(121)105-90(11,88(130)103-72(49-111)84(126)96-52(5)77(119)94-51(4)76(92)118)40-23-30-65-54(7)109(108-107-65)41-21-14-13-20-39-89(10,106-85(127)70(44-58-24-16-15-17-25-58)101-86(128)75(55(8)112)104-83(125)68(42-50(2)3)97-56(9)113)87(129)102-67(36-38-74(116)117)80(122)99-69(45-59-31-34-63(114)35-32-59)82(124)100-71(46-61-47-93-66-29-19-18-28-64(61)66)81(123)95-53(6)78(120)98-62(48-110)33-37-73(91)115/h15-19,24-25,28-29,31-32,34-35,47-48,50-53,55,57,60,62,67-72,75,93,111-112,114H,12-14,20-23,26-27,30,33,36-46,49H2,1-11H3,(H2,91,115)(H2,92,118)(H,94,119)(H,95,123)(H,96,126)(H,97,113)(H,98,120)(H,99,122)(H,100,124)(H,101,128)(H,102,129)(H,103,130)(H,104,125)(H,105,121)(H,106,127)(H,116,117)/t51?,52-,53?,55+,60?,62-,67-,68-,69?,70-,71-,72?,75-,89+,90-/m0/s1. The van der Waals surface area contributed by atoms with Crippen molar-refractivity contribution in [2.75, 3.05) is 6.61 Å². The number of carbonyl (C=O) groups excluding carboxylic acids is 16. The van der Waals surface area contributed by atoms with Crippen molar-refractivity contribution in [3.05, 3.63) is 113 Å². The average molecular weight is 1820 g/mol. The van der Waals surface area contributed by atoms with Gasteiger partial charge in [-0.05, 0) is 159 Å². The summed E-state index contributed by atoms with van der Waals surface area (Å²) in [5.41, 5.74) is 10.0. The number of phenols is 1. The molecule has 1 aliphatic rings. The van der Waals surface area contributed by atoms with Crippen LogP contribution in [-0.2, 0) is 114 Å². The molecule has 40 nitrogen and oxygen atoms in total. The molecule has 5 aromatic rings. The van der Waals surface area contributed by atoms with Crippen LogP contribution in [-0.4, -0.2) is 232 Å². The summed E-state index contributed by atoms with van der Waals surface area (Å²) in [6.45, 7) is 16.0. The van der Waals surface area contributed by atoms with Crippen molar-refractivity contribution in [2.24, 2.45) is 29.2 Å². The van der Waals surface area contributed by atoms with Crippen LogP contribution in [0.5, 0.6) is 5.75 Å². The number of benzene rings is 3. The zero-order valence-electron chi connectivity index (χ0n) is 75.8. The Morgan fingerprint density at radius 2 is 1.10 bits per heavy atom. The zero-order chi connectivity index (χ0) is 96.3. The number of aldehydes is 1. The number of aromatic amines is 1. The number of fused-ring (bicyclic) bond motifs is 1. The van der Waals surface area contributed by atoms with Crippen LogP contribution in [0.4, 0.5) is 0 Å². The maximum atomic E-state index is 15.6. The van der Waals surface area contributed by atoms with Gasteiger partial charge in [-0.25, -0.2) is 4.68 Å². The van der Waals surface area contributed by atoms with Gasteiger partial charge in [0.05, 0.1) is 30.1 Å². The summed E-state index contributed by atoms with van der Waals surface area (Å²) in [6, 6.07) is 4.91. The Kier molecular flexibility index (Phi) is 42.0. The number of aryl methyl sites for hydroxylation is 2. The van der Waals surface area contributed by atoms with Gasteiger partial charge in [0.2, 0.25) is 88.6 Å². The monoisotopic (exact) mass is 1810 g/mol. The van der Waals surface area contributed by atoms with Crippen LogP contribution in [0.25, 0.3) is 10.9 Å². The van der Waals surface area contributed by atoms with E-state index in [2.05, 4.69) is 84.4 Å². The summed E-state index contributed by atoms with van der Waals surface area (Å²) < 4.78 is 1.67. The number of aliphatic carboxylic acids is 1. The molecule has 0 aliphatic heterocycles. The second kappa shape index (κ2) is 51.4.